The second-order valence-electron chi connectivity index (χ2n) is 5.49. The number of H-pyrrole nitrogens is 1. The molecule has 0 saturated heterocycles. The first-order chi connectivity index (χ1) is 13.1. The van der Waals surface area contributed by atoms with Gasteiger partial charge in [0.1, 0.15) is 17.4 Å². The number of nitrogens with one attached hydrogen (secondary N) is 2. The summed E-state index contributed by atoms with van der Waals surface area (Å²) in [6.07, 6.45) is 1.34. The lowest BCUT2D eigenvalue weighted by Gasteiger charge is -2.06. The lowest BCUT2D eigenvalue weighted by molar-refractivity contribution is 0.276. The zero-order valence-corrected chi connectivity index (χ0v) is 14.0. The number of aliphatic hydroxyl groups is 1. The number of anilines is 1. The molecule has 7 nitrogen and oxygen atoms in total. The molecular weight excluding hydrogens is 349 g/mol. The average molecular weight is 363 g/mol. The van der Waals surface area contributed by atoms with Crippen molar-refractivity contribution in [2.45, 2.75) is 6.61 Å². The van der Waals surface area contributed by atoms with Gasteiger partial charge in [0.2, 0.25) is 5.95 Å². The molecule has 1 heterocycles. The van der Waals surface area contributed by atoms with Crippen LogP contribution in [0.5, 0.6) is 0 Å². The number of hydrogen-bond acceptors (Lipinski definition) is 6. The molecule has 3 N–H and O–H groups in total. The number of aliphatic hydroxyl groups excluding tert-OH is 1. The molecule has 27 heavy (non-hydrogen) atoms. The number of hydrazone groups is 1. The Morgan fingerprint density at radius 3 is 2.74 bits per heavy atom. The summed E-state index contributed by atoms with van der Waals surface area (Å²) < 4.78 is 13.6. The predicted molar refractivity (Wildman–Crippen MR) is 98.5 cm³/mol. The molecule has 0 amide bonds. The van der Waals surface area contributed by atoms with Crippen LogP contribution in [0.15, 0.2) is 58.4 Å². The number of nitriles is 1. The van der Waals surface area contributed by atoms with E-state index < -0.39 is 11.4 Å². The standard InChI is InChI=1S/C19H14FN5O2/c20-16-8-12(6-7-14(16)11-26)10-22-25-19-23-17(13-4-2-1-3-5-13)15(9-21)18(27)24-19/h1-8,10,26H,11H2,(H2,23,24,25,27). The Bertz CT molecular complexity index is 1090. The van der Waals surface area contributed by atoms with Gasteiger partial charge in [-0.25, -0.2) is 14.8 Å². The first-order valence-electron chi connectivity index (χ1n) is 7.90. The van der Waals surface area contributed by atoms with E-state index in [4.69, 9.17) is 5.11 Å². The Hall–Kier alpha value is -3.83. The van der Waals surface area contributed by atoms with Crippen molar-refractivity contribution >= 4 is 12.2 Å². The van der Waals surface area contributed by atoms with Crippen molar-refractivity contribution in [3.05, 3.63) is 81.4 Å². The van der Waals surface area contributed by atoms with Gasteiger partial charge in [-0.15, -0.1) is 0 Å². The monoisotopic (exact) mass is 363 g/mol. The number of halogens is 1. The number of benzene rings is 2. The third-order valence-electron chi connectivity index (χ3n) is 3.71. The van der Waals surface area contributed by atoms with Crippen molar-refractivity contribution in [2.24, 2.45) is 5.10 Å². The zero-order valence-electron chi connectivity index (χ0n) is 14.0. The van der Waals surface area contributed by atoms with Crippen LogP contribution in [0, 0.1) is 17.1 Å². The van der Waals surface area contributed by atoms with Crippen molar-refractivity contribution in [1.29, 1.82) is 5.26 Å². The van der Waals surface area contributed by atoms with E-state index in [0.717, 1.165) is 0 Å². The fourth-order valence-corrected chi connectivity index (χ4v) is 2.37. The molecule has 0 saturated carbocycles. The Morgan fingerprint density at radius 1 is 1.30 bits per heavy atom. The lowest BCUT2D eigenvalue weighted by Crippen LogP contribution is -2.16. The normalized spacial score (nSPS) is 10.7. The minimum atomic E-state index is -0.595. The lowest BCUT2D eigenvalue weighted by atomic mass is 10.1. The number of aromatic amines is 1. The highest BCUT2D eigenvalue weighted by molar-refractivity contribution is 5.80. The maximum atomic E-state index is 13.6. The maximum absolute atomic E-state index is 13.6. The molecule has 134 valence electrons. The third kappa shape index (κ3) is 4.05. The molecule has 1 aromatic heterocycles. The van der Waals surface area contributed by atoms with Crippen molar-refractivity contribution in [3.8, 4) is 17.3 Å². The smallest absolute Gasteiger partial charge is 0.270 e. The Labute approximate surface area is 153 Å². The van der Waals surface area contributed by atoms with Gasteiger partial charge in [-0.1, -0.05) is 42.5 Å². The largest absolute Gasteiger partial charge is 0.392 e. The van der Waals surface area contributed by atoms with Gasteiger partial charge in [0.05, 0.1) is 18.5 Å². The molecule has 0 bridgehead atoms. The number of nitrogens with zero attached hydrogens (tertiary/aromatic N) is 3. The van der Waals surface area contributed by atoms with E-state index in [1.54, 1.807) is 30.3 Å². The van der Waals surface area contributed by atoms with Crippen LogP contribution < -0.4 is 11.0 Å². The second-order valence-corrected chi connectivity index (χ2v) is 5.49. The summed E-state index contributed by atoms with van der Waals surface area (Å²) in [5, 5.41) is 22.1. The summed E-state index contributed by atoms with van der Waals surface area (Å²) in [4.78, 5) is 18.8. The Morgan fingerprint density at radius 2 is 2.07 bits per heavy atom. The molecule has 3 aromatic rings. The second kappa shape index (κ2) is 8.03. The summed E-state index contributed by atoms with van der Waals surface area (Å²) in [6, 6.07) is 14.9. The molecular formula is C19H14FN5O2. The van der Waals surface area contributed by atoms with Gasteiger partial charge in [0.25, 0.3) is 5.56 Å². The third-order valence-corrected chi connectivity index (χ3v) is 3.71. The summed E-state index contributed by atoms with van der Waals surface area (Å²) in [6.45, 7) is -0.389. The molecule has 0 unspecified atom stereocenters. The van der Waals surface area contributed by atoms with E-state index in [1.165, 1.54) is 18.3 Å². The average Bonchev–Trinajstić information content (AvgIpc) is 2.68. The van der Waals surface area contributed by atoms with E-state index in [9.17, 15) is 14.4 Å². The maximum Gasteiger partial charge on any atom is 0.270 e. The van der Waals surface area contributed by atoms with Gasteiger partial charge in [-0.05, 0) is 11.6 Å². The van der Waals surface area contributed by atoms with E-state index in [-0.39, 0.29) is 29.4 Å². The van der Waals surface area contributed by atoms with Crippen LogP contribution >= 0.6 is 0 Å². The number of aromatic nitrogens is 2. The van der Waals surface area contributed by atoms with E-state index in [0.29, 0.717) is 11.1 Å². The zero-order chi connectivity index (χ0) is 19.2. The Kier molecular flexibility index (Phi) is 5.35. The molecule has 0 radical (unpaired) electrons. The minimum absolute atomic E-state index is 0.0431. The topological polar surface area (TPSA) is 114 Å². The van der Waals surface area contributed by atoms with Crippen LogP contribution in [0.4, 0.5) is 10.3 Å². The molecule has 3 rings (SSSR count). The fraction of sp³-hybridized carbons (Fsp3) is 0.0526. The van der Waals surface area contributed by atoms with Crippen LogP contribution in [0.25, 0.3) is 11.3 Å². The summed E-state index contributed by atoms with van der Waals surface area (Å²) in [5.41, 5.74) is 3.36. The molecule has 0 aliphatic heterocycles. The molecule has 0 spiro atoms. The summed E-state index contributed by atoms with van der Waals surface area (Å²) in [7, 11) is 0. The summed E-state index contributed by atoms with van der Waals surface area (Å²) >= 11 is 0. The van der Waals surface area contributed by atoms with Crippen LogP contribution in [-0.4, -0.2) is 21.3 Å². The van der Waals surface area contributed by atoms with Crippen LogP contribution in [0.3, 0.4) is 0 Å². The molecule has 0 aliphatic carbocycles. The van der Waals surface area contributed by atoms with Gasteiger partial charge in [-0.3, -0.25) is 9.78 Å². The van der Waals surface area contributed by atoms with E-state index in [1.807, 2.05) is 12.1 Å². The highest BCUT2D eigenvalue weighted by Gasteiger charge is 2.12. The SMILES string of the molecule is N#Cc1c(-c2ccccc2)nc(NN=Cc2ccc(CO)c(F)c2)[nH]c1=O. The van der Waals surface area contributed by atoms with Gasteiger partial charge in [0.15, 0.2) is 0 Å². The molecule has 0 aliphatic rings. The first-order valence-corrected chi connectivity index (χ1v) is 7.90. The van der Waals surface area contributed by atoms with Gasteiger partial charge < -0.3 is 5.11 Å². The van der Waals surface area contributed by atoms with Crippen molar-refractivity contribution < 1.29 is 9.50 Å². The molecule has 8 heteroatoms. The fourth-order valence-electron chi connectivity index (χ4n) is 2.37. The van der Waals surface area contributed by atoms with E-state index in [2.05, 4.69) is 20.5 Å². The van der Waals surface area contributed by atoms with Crippen molar-refractivity contribution in [2.75, 3.05) is 5.43 Å². The summed E-state index contributed by atoms with van der Waals surface area (Å²) in [5.74, 6) is -0.501. The first kappa shape index (κ1) is 18.0. The van der Waals surface area contributed by atoms with Crippen LogP contribution in [0.2, 0.25) is 0 Å². The van der Waals surface area contributed by atoms with Gasteiger partial charge in [-0.2, -0.15) is 10.4 Å². The predicted octanol–water partition coefficient (Wildman–Crippen LogP) is 2.39. The van der Waals surface area contributed by atoms with Crippen LogP contribution in [0.1, 0.15) is 16.7 Å². The highest BCUT2D eigenvalue weighted by atomic mass is 19.1. The molecule has 0 atom stereocenters. The van der Waals surface area contributed by atoms with Gasteiger partial charge >= 0.3 is 0 Å². The van der Waals surface area contributed by atoms with Gasteiger partial charge in [0, 0.05) is 11.1 Å². The van der Waals surface area contributed by atoms with Crippen molar-refractivity contribution in [1.82, 2.24) is 9.97 Å². The number of hydrogen-bond donors (Lipinski definition) is 3. The minimum Gasteiger partial charge on any atom is -0.392 e. The number of rotatable bonds is 5. The molecule has 2 aromatic carbocycles. The quantitative estimate of drug-likeness (QED) is 0.476. The van der Waals surface area contributed by atoms with Crippen molar-refractivity contribution in [3.63, 3.8) is 0 Å². The van der Waals surface area contributed by atoms with Crippen LogP contribution in [-0.2, 0) is 6.61 Å². The van der Waals surface area contributed by atoms with E-state index >= 15 is 0 Å². The Balaban J connectivity index is 1.88. The highest BCUT2D eigenvalue weighted by Crippen LogP contribution is 2.19. The molecule has 0 fully saturated rings.